The van der Waals surface area contributed by atoms with Crippen LogP contribution in [0.5, 0.6) is 0 Å². The molecular formula is C16H24N2O2. The highest BCUT2D eigenvalue weighted by Crippen LogP contribution is 2.32. The average Bonchev–Trinajstić information content (AvgIpc) is 2.43. The lowest BCUT2D eigenvalue weighted by atomic mass is 9.78. The maximum atomic E-state index is 11.1. The van der Waals surface area contributed by atoms with E-state index in [1.165, 1.54) is 19.3 Å². The maximum absolute atomic E-state index is 11.1. The third kappa shape index (κ3) is 3.11. The Labute approximate surface area is 120 Å². The zero-order valence-corrected chi connectivity index (χ0v) is 12.6. The fraction of sp³-hybridized carbons (Fsp3) is 0.625. The van der Waals surface area contributed by atoms with Crippen LogP contribution in [0.25, 0.3) is 0 Å². The lowest BCUT2D eigenvalue weighted by Gasteiger charge is -2.35. The molecule has 2 rings (SSSR count). The van der Waals surface area contributed by atoms with Crippen molar-refractivity contribution < 1.29 is 4.92 Å². The standard InChI is InChI=1S/C16H24N2O2/c1-4-13-8-9-14(10-15(13)18(19)20)17-16-11(2)6-5-7-12(16)3/h8-12,16-17H,4-7H2,1-3H3. The van der Waals surface area contributed by atoms with Gasteiger partial charge >= 0.3 is 0 Å². The molecule has 1 aliphatic carbocycles. The van der Waals surface area contributed by atoms with Crippen molar-refractivity contribution in [1.29, 1.82) is 0 Å². The Kier molecular flexibility index (Phi) is 4.63. The van der Waals surface area contributed by atoms with E-state index in [0.717, 1.165) is 11.3 Å². The van der Waals surface area contributed by atoms with E-state index in [4.69, 9.17) is 0 Å². The summed E-state index contributed by atoms with van der Waals surface area (Å²) in [5, 5.41) is 14.7. The van der Waals surface area contributed by atoms with Gasteiger partial charge in [-0.2, -0.15) is 0 Å². The van der Waals surface area contributed by atoms with Crippen molar-refractivity contribution in [1.82, 2.24) is 0 Å². The fourth-order valence-corrected chi connectivity index (χ4v) is 3.28. The number of benzene rings is 1. The van der Waals surface area contributed by atoms with Gasteiger partial charge in [-0.15, -0.1) is 0 Å². The van der Waals surface area contributed by atoms with Crippen LogP contribution in [0.15, 0.2) is 18.2 Å². The summed E-state index contributed by atoms with van der Waals surface area (Å²) in [6.45, 7) is 6.48. The Morgan fingerprint density at radius 3 is 2.50 bits per heavy atom. The number of anilines is 1. The van der Waals surface area contributed by atoms with Gasteiger partial charge in [0.1, 0.15) is 0 Å². The summed E-state index contributed by atoms with van der Waals surface area (Å²) in [7, 11) is 0. The Balaban J connectivity index is 2.20. The van der Waals surface area contributed by atoms with E-state index in [0.29, 0.717) is 24.3 Å². The zero-order valence-electron chi connectivity index (χ0n) is 12.6. The van der Waals surface area contributed by atoms with Crippen molar-refractivity contribution in [3.8, 4) is 0 Å². The van der Waals surface area contributed by atoms with Gasteiger partial charge < -0.3 is 5.32 Å². The van der Waals surface area contributed by atoms with E-state index in [2.05, 4.69) is 19.2 Å². The Bertz CT molecular complexity index is 477. The van der Waals surface area contributed by atoms with Crippen LogP contribution >= 0.6 is 0 Å². The number of nitro groups is 1. The summed E-state index contributed by atoms with van der Waals surface area (Å²) in [6, 6.07) is 5.95. The first-order valence-corrected chi connectivity index (χ1v) is 7.56. The van der Waals surface area contributed by atoms with Crippen LogP contribution in [0.3, 0.4) is 0 Å². The van der Waals surface area contributed by atoms with Gasteiger partial charge in [-0.1, -0.05) is 33.3 Å². The quantitative estimate of drug-likeness (QED) is 0.655. The topological polar surface area (TPSA) is 55.2 Å². The number of nitro benzene ring substituents is 1. The first-order valence-electron chi connectivity index (χ1n) is 7.56. The molecule has 4 nitrogen and oxygen atoms in total. The molecule has 0 spiro atoms. The third-order valence-corrected chi connectivity index (χ3v) is 4.54. The fourth-order valence-electron chi connectivity index (χ4n) is 3.28. The Morgan fingerprint density at radius 2 is 1.95 bits per heavy atom. The lowest BCUT2D eigenvalue weighted by molar-refractivity contribution is -0.385. The first kappa shape index (κ1) is 14.8. The van der Waals surface area contributed by atoms with Crippen molar-refractivity contribution in [2.45, 2.75) is 52.5 Å². The van der Waals surface area contributed by atoms with Crippen molar-refractivity contribution in [3.05, 3.63) is 33.9 Å². The second-order valence-corrected chi connectivity index (χ2v) is 6.01. The van der Waals surface area contributed by atoms with Crippen LogP contribution in [0.2, 0.25) is 0 Å². The summed E-state index contributed by atoms with van der Waals surface area (Å²) >= 11 is 0. The molecule has 0 amide bonds. The number of aryl methyl sites for hydroxylation is 1. The minimum Gasteiger partial charge on any atom is -0.382 e. The minimum atomic E-state index is -0.280. The van der Waals surface area contributed by atoms with E-state index in [1.807, 2.05) is 19.1 Å². The molecule has 0 saturated heterocycles. The van der Waals surface area contributed by atoms with E-state index in [9.17, 15) is 10.1 Å². The van der Waals surface area contributed by atoms with Crippen LogP contribution in [0.4, 0.5) is 11.4 Å². The molecule has 2 atom stereocenters. The monoisotopic (exact) mass is 276 g/mol. The molecule has 1 aliphatic rings. The van der Waals surface area contributed by atoms with Crippen LogP contribution in [-0.2, 0) is 6.42 Å². The molecule has 4 heteroatoms. The second kappa shape index (κ2) is 6.25. The number of hydrogen-bond donors (Lipinski definition) is 1. The van der Waals surface area contributed by atoms with Gasteiger partial charge in [0.05, 0.1) is 4.92 Å². The van der Waals surface area contributed by atoms with E-state index in [-0.39, 0.29) is 10.6 Å². The highest BCUT2D eigenvalue weighted by molar-refractivity contribution is 5.56. The van der Waals surface area contributed by atoms with E-state index < -0.39 is 0 Å². The summed E-state index contributed by atoms with van der Waals surface area (Å²) in [5.41, 5.74) is 1.90. The molecule has 1 aromatic carbocycles. The largest absolute Gasteiger partial charge is 0.382 e. The number of nitrogens with one attached hydrogen (secondary N) is 1. The first-order chi connectivity index (χ1) is 9.52. The molecule has 1 fully saturated rings. The van der Waals surface area contributed by atoms with Crippen LogP contribution < -0.4 is 5.32 Å². The van der Waals surface area contributed by atoms with Gasteiger partial charge in [0.25, 0.3) is 5.69 Å². The van der Waals surface area contributed by atoms with E-state index >= 15 is 0 Å². The van der Waals surface area contributed by atoms with Crippen molar-refractivity contribution in [2.24, 2.45) is 11.8 Å². The highest BCUT2D eigenvalue weighted by atomic mass is 16.6. The van der Waals surface area contributed by atoms with Gasteiger partial charge in [-0.3, -0.25) is 10.1 Å². The predicted octanol–water partition coefficient (Wildman–Crippen LogP) is 4.39. The van der Waals surface area contributed by atoms with Gasteiger partial charge in [0.15, 0.2) is 0 Å². The van der Waals surface area contributed by atoms with Crippen LogP contribution in [-0.4, -0.2) is 11.0 Å². The van der Waals surface area contributed by atoms with Crippen molar-refractivity contribution in [2.75, 3.05) is 5.32 Å². The highest BCUT2D eigenvalue weighted by Gasteiger charge is 2.27. The molecule has 0 aromatic heterocycles. The summed E-state index contributed by atoms with van der Waals surface area (Å²) in [5.74, 6) is 1.23. The molecule has 20 heavy (non-hydrogen) atoms. The molecule has 2 unspecified atom stereocenters. The smallest absolute Gasteiger partial charge is 0.274 e. The normalized spacial score (nSPS) is 26.2. The predicted molar refractivity (Wildman–Crippen MR) is 82.1 cm³/mol. The molecule has 110 valence electrons. The SMILES string of the molecule is CCc1ccc(NC2C(C)CCCC2C)cc1[N+](=O)[O-]. The number of rotatable bonds is 4. The molecule has 1 N–H and O–H groups in total. The Hall–Kier alpha value is -1.58. The van der Waals surface area contributed by atoms with Crippen molar-refractivity contribution in [3.63, 3.8) is 0 Å². The van der Waals surface area contributed by atoms with Crippen LogP contribution in [0.1, 0.15) is 45.6 Å². The average molecular weight is 276 g/mol. The molecular weight excluding hydrogens is 252 g/mol. The summed E-state index contributed by atoms with van der Waals surface area (Å²) in [6.07, 6.45) is 4.44. The molecule has 1 aromatic rings. The summed E-state index contributed by atoms with van der Waals surface area (Å²) < 4.78 is 0. The van der Waals surface area contributed by atoms with Gasteiger partial charge in [-0.05, 0) is 37.2 Å². The summed E-state index contributed by atoms with van der Waals surface area (Å²) in [4.78, 5) is 10.9. The number of nitrogens with zero attached hydrogens (tertiary/aromatic N) is 1. The van der Waals surface area contributed by atoms with Crippen molar-refractivity contribution >= 4 is 11.4 Å². The molecule has 0 heterocycles. The second-order valence-electron chi connectivity index (χ2n) is 6.01. The lowest BCUT2D eigenvalue weighted by Crippen LogP contribution is -2.37. The molecule has 0 radical (unpaired) electrons. The van der Waals surface area contributed by atoms with Crippen LogP contribution in [0, 0.1) is 22.0 Å². The molecule has 0 aliphatic heterocycles. The molecule has 1 saturated carbocycles. The van der Waals surface area contributed by atoms with Gasteiger partial charge in [-0.25, -0.2) is 0 Å². The minimum absolute atomic E-state index is 0.230. The number of hydrogen-bond acceptors (Lipinski definition) is 3. The Morgan fingerprint density at radius 1 is 1.30 bits per heavy atom. The van der Waals surface area contributed by atoms with Gasteiger partial charge in [0.2, 0.25) is 0 Å². The van der Waals surface area contributed by atoms with E-state index in [1.54, 1.807) is 6.07 Å². The third-order valence-electron chi connectivity index (χ3n) is 4.54. The molecule has 0 bridgehead atoms. The maximum Gasteiger partial charge on any atom is 0.274 e. The zero-order chi connectivity index (χ0) is 14.7. The van der Waals surface area contributed by atoms with Gasteiger partial charge in [0, 0.05) is 23.4 Å².